The lowest BCUT2D eigenvalue weighted by Gasteiger charge is -2.07. The van der Waals surface area contributed by atoms with Crippen molar-refractivity contribution >= 4 is 5.78 Å². The van der Waals surface area contributed by atoms with E-state index in [0.29, 0.717) is 18.1 Å². The standard InChI is InChI=1S/C14H14N2O3/c1-2-13-15-14(19-16-13)8-18-12-5-3-4-9-10(12)6-7-11(9)17/h3-5H,2,6-8H2,1H3. The van der Waals surface area contributed by atoms with Gasteiger partial charge in [0.2, 0.25) is 0 Å². The SMILES string of the molecule is CCc1noc(COc2cccc3c2CCC3=O)n1. The summed E-state index contributed by atoms with van der Waals surface area (Å²) in [6, 6.07) is 5.55. The van der Waals surface area contributed by atoms with Gasteiger partial charge < -0.3 is 9.26 Å². The van der Waals surface area contributed by atoms with Crippen LogP contribution >= 0.6 is 0 Å². The summed E-state index contributed by atoms with van der Waals surface area (Å²) < 4.78 is 10.8. The van der Waals surface area contributed by atoms with Gasteiger partial charge in [0.05, 0.1) is 0 Å². The van der Waals surface area contributed by atoms with Crippen LogP contribution in [0.25, 0.3) is 0 Å². The number of hydrogen-bond acceptors (Lipinski definition) is 5. The molecule has 0 atom stereocenters. The van der Waals surface area contributed by atoms with E-state index < -0.39 is 0 Å². The molecule has 98 valence electrons. The quantitative estimate of drug-likeness (QED) is 0.842. The van der Waals surface area contributed by atoms with Crippen LogP contribution in [0.4, 0.5) is 0 Å². The topological polar surface area (TPSA) is 65.2 Å². The maximum Gasteiger partial charge on any atom is 0.264 e. The van der Waals surface area contributed by atoms with E-state index in [0.717, 1.165) is 29.7 Å². The molecule has 0 fully saturated rings. The number of hydrogen-bond donors (Lipinski definition) is 0. The fraction of sp³-hybridized carbons (Fsp3) is 0.357. The number of carbonyl (C=O) groups excluding carboxylic acids is 1. The molecule has 3 rings (SSSR count). The largest absolute Gasteiger partial charge is 0.483 e. The first kappa shape index (κ1) is 11.9. The van der Waals surface area contributed by atoms with Crippen LogP contribution in [0.15, 0.2) is 22.7 Å². The molecule has 0 amide bonds. The Balaban J connectivity index is 1.76. The fourth-order valence-electron chi connectivity index (χ4n) is 2.23. The zero-order valence-electron chi connectivity index (χ0n) is 10.7. The summed E-state index contributed by atoms with van der Waals surface area (Å²) in [6.45, 7) is 2.20. The Kier molecular flexibility index (Phi) is 3.03. The second-order valence-electron chi connectivity index (χ2n) is 4.45. The first-order valence-corrected chi connectivity index (χ1v) is 6.37. The van der Waals surface area contributed by atoms with Gasteiger partial charge in [0.25, 0.3) is 5.89 Å². The molecule has 0 aliphatic heterocycles. The molecule has 1 aromatic heterocycles. The molecule has 1 aliphatic carbocycles. The molecule has 1 aliphatic rings. The van der Waals surface area contributed by atoms with Crippen LogP contribution in [0.1, 0.15) is 41.0 Å². The van der Waals surface area contributed by atoms with Crippen LogP contribution in [0.3, 0.4) is 0 Å². The van der Waals surface area contributed by atoms with Crippen molar-refractivity contribution in [2.75, 3.05) is 0 Å². The lowest BCUT2D eigenvalue weighted by Crippen LogP contribution is -1.99. The lowest BCUT2D eigenvalue weighted by molar-refractivity contribution is 0.0994. The third-order valence-corrected chi connectivity index (χ3v) is 3.21. The predicted octanol–water partition coefficient (Wildman–Crippen LogP) is 2.34. The molecule has 0 spiro atoms. The van der Waals surface area contributed by atoms with Crippen molar-refractivity contribution in [1.82, 2.24) is 10.1 Å². The highest BCUT2D eigenvalue weighted by atomic mass is 16.5. The van der Waals surface area contributed by atoms with Gasteiger partial charge in [-0.25, -0.2) is 0 Å². The van der Waals surface area contributed by atoms with Crippen molar-refractivity contribution < 1.29 is 14.1 Å². The van der Waals surface area contributed by atoms with Gasteiger partial charge in [-0.15, -0.1) is 0 Å². The Morgan fingerprint density at radius 2 is 2.26 bits per heavy atom. The van der Waals surface area contributed by atoms with Crippen molar-refractivity contribution in [2.24, 2.45) is 0 Å². The van der Waals surface area contributed by atoms with Gasteiger partial charge in [-0.05, 0) is 12.5 Å². The second-order valence-corrected chi connectivity index (χ2v) is 4.45. The predicted molar refractivity (Wildman–Crippen MR) is 67.1 cm³/mol. The van der Waals surface area contributed by atoms with Crippen LogP contribution in [-0.2, 0) is 19.4 Å². The maximum atomic E-state index is 11.6. The summed E-state index contributed by atoms with van der Waals surface area (Å²) >= 11 is 0. The summed E-state index contributed by atoms with van der Waals surface area (Å²) in [5.74, 6) is 2.05. The summed E-state index contributed by atoms with van der Waals surface area (Å²) in [5, 5.41) is 3.81. The Labute approximate surface area is 110 Å². The third kappa shape index (κ3) is 2.23. The number of rotatable bonds is 4. The molecule has 0 radical (unpaired) electrons. The van der Waals surface area contributed by atoms with E-state index in [1.807, 2.05) is 25.1 Å². The molecule has 5 nitrogen and oxygen atoms in total. The Bertz CT molecular complexity index is 619. The third-order valence-electron chi connectivity index (χ3n) is 3.21. The van der Waals surface area contributed by atoms with E-state index in [4.69, 9.17) is 9.26 Å². The van der Waals surface area contributed by atoms with E-state index in [-0.39, 0.29) is 12.4 Å². The average molecular weight is 258 g/mol. The van der Waals surface area contributed by atoms with Gasteiger partial charge in [-0.3, -0.25) is 4.79 Å². The maximum absolute atomic E-state index is 11.6. The van der Waals surface area contributed by atoms with Crippen molar-refractivity contribution in [3.8, 4) is 5.75 Å². The minimum Gasteiger partial charge on any atom is -0.483 e. The number of ether oxygens (including phenoxy) is 1. The number of ketones is 1. The zero-order chi connectivity index (χ0) is 13.2. The number of Topliss-reactive ketones (excluding diaryl/α,β-unsaturated/α-hetero) is 1. The van der Waals surface area contributed by atoms with Crippen LogP contribution in [-0.4, -0.2) is 15.9 Å². The number of aromatic nitrogens is 2. The molecular formula is C14H14N2O3. The summed E-state index contributed by atoms with van der Waals surface area (Å²) in [4.78, 5) is 15.8. The smallest absolute Gasteiger partial charge is 0.264 e. The molecule has 2 aromatic rings. The molecule has 0 saturated heterocycles. The van der Waals surface area contributed by atoms with Crippen LogP contribution in [0, 0.1) is 0 Å². The van der Waals surface area contributed by atoms with Crippen LogP contribution in [0.5, 0.6) is 5.75 Å². The van der Waals surface area contributed by atoms with E-state index in [1.54, 1.807) is 0 Å². The monoisotopic (exact) mass is 258 g/mol. The van der Waals surface area contributed by atoms with Gasteiger partial charge in [0.1, 0.15) is 5.75 Å². The zero-order valence-corrected chi connectivity index (χ0v) is 10.7. The van der Waals surface area contributed by atoms with E-state index in [1.165, 1.54) is 0 Å². The van der Waals surface area contributed by atoms with Gasteiger partial charge in [0, 0.05) is 24.0 Å². The van der Waals surface area contributed by atoms with Crippen LogP contribution in [0.2, 0.25) is 0 Å². The molecule has 19 heavy (non-hydrogen) atoms. The van der Waals surface area contributed by atoms with E-state index >= 15 is 0 Å². The molecule has 0 unspecified atom stereocenters. The fourth-order valence-corrected chi connectivity index (χ4v) is 2.23. The number of nitrogens with zero attached hydrogens (tertiary/aromatic N) is 2. The summed E-state index contributed by atoms with van der Waals surface area (Å²) in [5.41, 5.74) is 1.76. The number of benzene rings is 1. The number of aryl methyl sites for hydroxylation is 1. The Hall–Kier alpha value is -2.17. The van der Waals surface area contributed by atoms with E-state index in [9.17, 15) is 4.79 Å². The molecule has 0 N–H and O–H groups in total. The Morgan fingerprint density at radius 3 is 3.05 bits per heavy atom. The normalized spacial score (nSPS) is 13.6. The first-order valence-electron chi connectivity index (χ1n) is 6.37. The molecule has 5 heteroatoms. The highest BCUT2D eigenvalue weighted by Gasteiger charge is 2.22. The minimum atomic E-state index is 0.187. The van der Waals surface area contributed by atoms with Crippen molar-refractivity contribution in [3.63, 3.8) is 0 Å². The van der Waals surface area contributed by atoms with Crippen LogP contribution < -0.4 is 4.74 Å². The molecule has 0 bridgehead atoms. The first-order chi connectivity index (χ1) is 9.28. The highest BCUT2D eigenvalue weighted by Crippen LogP contribution is 2.30. The molecule has 1 aromatic carbocycles. The second kappa shape index (κ2) is 4.84. The molecular weight excluding hydrogens is 244 g/mol. The number of fused-ring (bicyclic) bond motifs is 1. The molecule has 1 heterocycles. The summed E-state index contributed by atoms with van der Waals surface area (Å²) in [6.07, 6.45) is 2.05. The summed E-state index contributed by atoms with van der Waals surface area (Å²) in [7, 11) is 0. The van der Waals surface area contributed by atoms with Gasteiger partial charge in [-0.2, -0.15) is 4.98 Å². The van der Waals surface area contributed by atoms with Gasteiger partial charge >= 0.3 is 0 Å². The number of carbonyl (C=O) groups is 1. The highest BCUT2D eigenvalue weighted by molar-refractivity contribution is 6.01. The van der Waals surface area contributed by atoms with Gasteiger partial charge in [0.15, 0.2) is 18.2 Å². The lowest BCUT2D eigenvalue weighted by atomic mass is 10.1. The van der Waals surface area contributed by atoms with Crippen molar-refractivity contribution in [1.29, 1.82) is 0 Å². The van der Waals surface area contributed by atoms with Gasteiger partial charge in [-0.1, -0.05) is 24.2 Å². The van der Waals surface area contributed by atoms with Crippen molar-refractivity contribution in [2.45, 2.75) is 32.8 Å². The van der Waals surface area contributed by atoms with Crippen molar-refractivity contribution in [3.05, 3.63) is 41.0 Å². The minimum absolute atomic E-state index is 0.187. The average Bonchev–Trinajstić information content (AvgIpc) is 3.04. The molecule has 0 saturated carbocycles. The Morgan fingerprint density at radius 1 is 1.37 bits per heavy atom. The van der Waals surface area contributed by atoms with E-state index in [2.05, 4.69) is 10.1 Å².